The van der Waals surface area contributed by atoms with Crippen molar-refractivity contribution in [2.75, 3.05) is 10.6 Å². The molecule has 0 aliphatic rings. The van der Waals surface area contributed by atoms with Crippen LogP contribution in [0, 0.1) is 6.92 Å². The van der Waals surface area contributed by atoms with E-state index in [9.17, 15) is 0 Å². The quantitative estimate of drug-likeness (QED) is 0.359. The summed E-state index contributed by atoms with van der Waals surface area (Å²) in [5.74, 6) is 0. The first-order valence-electron chi connectivity index (χ1n) is 9.57. The molecule has 0 unspecified atom stereocenters. The van der Waals surface area contributed by atoms with E-state index in [0.29, 0.717) is 28.2 Å². The van der Waals surface area contributed by atoms with E-state index < -0.39 is 0 Å². The van der Waals surface area contributed by atoms with Gasteiger partial charge >= 0.3 is 0 Å². The van der Waals surface area contributed by atoms with Crippen LogP contribution < -0.4 is 10.6 Å². The smallest absolute Gasteiger partial charge is 0.175 e. The third-order valence-electron chi connectivity index (χ3n) is 4.59. The van der Waals surface area contributed by atoms with E-state index in [0.717, 1.165) is 16.9 Å². The molecule has 31 heavy (non-hydrogen) atoms. The summed E-state index contributed by atoms with van der Waals surface area (Å²) in [6.07, 6.45) is 7.23. The van der Waals surface area contributed by atoms with E-state index in [1.165, 1.54) is 11.1 Å². The molecule has 0 radical (unpaired) electrons. The van der Waals surface area contributed by atoms with Crippen LogP contribution in [-0.4, -0.2) is 24.7 Å². The van der Waals surface area contributed by atoms with Gasteiger partial charge in [-0.3, -0.25) is 9.36 Å². The van der Waals surface area contributed by atoms with Crippen LogP contribution >= 0.6 is 35.4 Å². The number of rotatable bonds is 6. The minimum absolute atomic E-state index is 0.457. The van der Waals surface area contributed by atoms with Crippen LogP contribution in [0.25, 0.3) is 0 Å². The van der Waals surface area contributed by atoms with Gasteiger partial charge in [0, 0.05) is 22.4 Å². The first-order valence-corrected chi connectivity index (χ1v) is 10.7. The van der Waals surface area contributed by atoms with Crippen LogP contribution in [-0.2, 0) is 13.1 Å². The molecule has 4 aromatic rings. The van der Waals surface area contributed by atoms with E-state index in [-0.39, 0.29) is 0 Å². The van der Waals surface area contributed by atoms with E-state index in [4.69, 9.17) is 35.4 Å². The molecule has 0 spiro atoms. The number of nitrogens with zero attached hydrogens (tertiary/aromatic N) is 4. The van der Waals surface area contributed by atoms with Crippen molar-refractivity contribution in [3.05, 3.63) is 94.0 Å². The van der Waals surface area contributed by atoms with Gasteiger partial charge in [-0.25, -0.2) is 0 Å². The summed E-state index contributed by atoms with van der Waals surface area (Å²) >= 11 is 17.6. The van der Waals surface area contributed by atoms with Crippen LogP contribution in [0.15, 0.2) is 67.3 Å². The van der Waals surface area contributed by atoms with Crippen molar-refractivity contribution in [2.45, 2.75) is 20.0 Å². The molecule has 0 aliphatic carbocycles. The first kappa shape index (κ1) is 21.4. The Hall–Kier alpha value is -2.87. The lowest BCUT2D eigenvalue weighted by molar-refractivity contribution is 0.687. The number of nitrogens with one attached hydrogen (secondary N) is 2. The third-order valence-corrected chi connectivity index (χ3v) is 5.39. The molecular formula is C22H20Cl2N6S. The van der Waals surface area contributed by atoms with E-state index in [1.807, 2.05) is 29.2 Å². The van der Waals surface area contributed by atoms with E-state index in [2.05, 4.69) is 52.0 Å². The molecule has 2 aromatic heterocycles. The second-order valence-electron chi connectivity index (χ2n) is 7.15. The first-order chi connectivity index (χ1) is 14.9. The zero-order valence-corrected chi connectivity index (χ0v) is 19.0. The van der Waals surface area contributed by atoms with Crippen molar-refractivity contribution >= 4 is 51.9 Å². The highest BCUT2D eigenvalue weighted by Gasteiger charge is 2.07. The van der Waals surface area contributed by atoms with Gasteiger partial charge < -0.3 is 10.6 Å². The molecular weight excluding hydrogens is 451 g/mol. The Balaban J connectivity index is 1.32. The Bertz CT molecular complexity index is 1200. The monoisotopic (exact) mass is 470 g/mol. The summed E-state index contributed by atoms with van der Waals surface area (Å²) in [4.78, 5) is 0. The molecule has 158 valence electrons. The normalized spacial score (nSPS) is 10.8. The Morgan fingerprint density at radius 2 is 1.52 bits per heavy atom. The number of benzene rings is 2. The second-order valence-corrected chi connectivity index (χ2v) is 8.41. The zero-order valence-electron chi connectivity index (χ0n) is 16.7. The predicted octanol–water partition coefficient (Wildman–Crippen LogP) is 5.60. The molecule has 0 aliphatic heterocycles. The van der Waals surface area contributed by atoms with Gasteiger partial charge in [0.2, 0.25) is 0 Å². The minimum Gasteiger partial charge on any atom is -0.330 e. The highest BCUT2D eigenvalue weighted by Crippen LogP contribution is 2.22. The Morgan fingerprint density at radius 1 is 0.903 bits per heavy atom. The van der Waals surface area contributed by atoms with Crippen molar-refractivity contribution in [3.8, 4) is 0 Å². The summed E-state index contributed by atoms with van der Waals surface area (Å²) < 4.78 is 3.64. The van der Waals surface area contributed by atoms with Crippen molar-refractivity contribution in [1.29, 1.82) is 0 Å². The summed E-state index contributed by atoms with van der Waals surface area (Å²) in [5, 5.41) is 16.7. The summed E-state index contributed by atoms with van der Waals surface area (Å²) in [6, 6.07) is 13.8. The summed E-state index contributed by atoms with van der Waals surface area (Å²) in [5.41, 5.74) is 4.94. The predicted molar refractivity (Wildman–Crippen MR) is 130 cm³/mol. The highest BCUT2D eigenvalue weighted by atomic mass is 35.5. The molecule has 2 aromatic carbocycles. The van der Waals surface area contributed by atoms with Gasteiger partial charge in [-0.2, -0.15) is 10.2 Å². The lowest BCUT2D eigenvalue weighted by Crippen LogP contribution is -2.18. The molecule has 9 heteroatoms. The molecule has 6 nitrogen and oxygen atoms in total. The van der Waals surface area contributed by atoms with Crippen molar-refractivity contribution in [3.63, 3.8) is 0 Å². The van der Waals surface area contributed by atoms with Gasteiger partial charge in [-0.05, 0) is 42.4 Å². The standard InChI is InChI=1S/C22H20Cl2N6S/c1-15-2-4-16(5-3-15)11-29-13-19(9-25-29)27-22(31)28-20-10-26-30(14-20)12-17-6-7-18(23)8-21(17)24/h2-10,13-14H,11-12H2,1H3,(H2,27,28,31). The maximum Gasteiger partial charge on any atom is 0.175 e. The lowest BCUT2D eigenvalue weighted by Gasteiger charge is -2.07. The van der Waals surface area contributed by atoms with Gasteiger partial charge in [-0.15, -0.1) is 0 Å². The minimum atomic E-state index is 0.457. The van der Waals surface area contributed by atoms with Crippen molar-refractivity contribution in [1.82, 2.24) is 19.6 Å². The molecule has 0 saturated carbocycles. The number of hydrogen-bond donors (Lipinski definition) is 2. The molecule has 0 bridgehead atoms. The fourth-order valence-corrected chi connectivity index (χ4v) is 3.73. The van der Waals surface area contributed by atoms with Gasteiger partial charge in [0.05, 0.1) is 36.9 Å². The SMILES string of the molecule is Cc1ccc(Cn2cc(NC(=S)Nc3cnn(Cc4ccc(Cl)cc4Cl)c3)cn2)cc1. The van der Waals surface area contributed by atoms with Gasteiger partial charge in [-0.1, -0.05) is 59.1 Å². The number of anilines is 2. The third kappa shape index (κ3) is 5.85. The van der Waals surface area contributed by atoms with E-state index in [1.54, 1.807) is 23.1 Å². The number of thiocarbonyl (C=S) groups is 1. The fourth-order valence-electron chi connectivity index (χ4n) is 3.03. The van der Waals surface area contributed by atoms with Gasteiger partial charge in [0.15, 0.2) is 5.11 Å². The topological polar surface area (TPSA) is 59.7 Å². The second kappa shape index (κ2) is 9.51. The average molecular weight is 471 g/mol. The van der Waals surface area contributed by atoms with Crippen LogP contribution in [0.1, 0.15) is 16.7 Å². The van der Waals surface area contributed by atoms with E-state index >= 15 is 0 Å². The van der Waals surface area contributed by atoms with Crippen LogP contribution in [0.5, 0.6) is 0 Å². The number of halogens is 2. The molecule has 2 heterocycles. The van der Waals surface area contributed by atoms with Crippen LogP contribution in [0.4, 0.5) is 11.4 Å². The average Bonchev–Trinajstić information content (AvgIpc) is 3.35. The lowest BCUT2D eigenvalue weighted by atomic mass is 10.1. The van der Waals surface area contributed by atoms with Crippen molar-refractivity contribution < 1.29 is 0 Å². The largest absolute Gasteiger partial charge is 0.330 e. The summed E-state index contributed by atoms with van der Waals surface area (Å²) in [6.45, 7) is 3.30. The Labute approximate surface area is 195 Å². The van der Waals surface area contributed by atoms with Gasteiger partial charge in [0.1, 0.15) is 0 Å². The molecule has 2 N–H and O–H groups in total. The molecule has 0 fully saturated rings. The maximum absolute atomic E-state index is 6.24. The Morgan fingerprint density at radius 3 is 2.13 bits per heavy atom. The number of aromatic nitrogens is 4. The Kier molecular flexibility index (Phi) is 6.56. The highest BCUT2D eigenvalue weighted by molar-refractivity contribution is 7.80. The van der Waals surface area contributed by atoms with Crippen LogP contribution in [0.2, 0.25) is 10.0 Å². The molecule has 4 rings (SSSR count). The molecule has 0 atom stereocenters. The fraction of sp³-hybridized carbons (Fsp3) is 0.136. The summed E-state index contributed by atoms with van der Waals surface area (Å²) in [7, 11) is 0. The molecule has 0 saturated heterocycles. The number of hydrogen-bond acceptors (Lipinski definition) is 3. The van der Waals surface area contributed by atoms with Gasteiger partial charge in [0.25, 0.3) is 0 Å². The number of aryl methyl sites for hydroxylation is 1. The zero-order chi connectivity index (χ0) is 21.8. The maximum atomic E-state index is 6.24. The van der Waals surface area contributed by atoms with Crippen LogP contribution in [0.3, 0.4) is 0 Å². The van der Waals surface area contributed by atoms with Crippen molar-refractivity contribution in [2.24, 2.45) is 0 Å². The molecule has 0 amide bonds.